The van der Waals surface area contributed by atoms with Gasteiger partial charge in [0.05, 0.1) is 25.6 Å². The number of fused-ring (bicyclic) bond motifs is 4. The van der Waals surface area contributed by atoms with Gasteiger partial charge in [0.2, 0.25) is 11.8 Å². The lowest BCUT2D eigenvalue weighted by Crippen LogP contribution is -2.35. The number of aliphatic hydroxyl groups is 1. The number of hydrogen-bond donors (Lipinski definition) is 5. The molecule has 21 heteroatoms. The highest BCUT2D eigenvalue weighted by atomic mass is 32.7. The first kappa shape index (κ1) is 29.0. The lowest BCUT2D eigenvalue weighted by atomic mass is 10.1. The topological polar surface area (TPSA) is 225 Å². The van der Waals surface area contributed by atoms with Crippen molar-refractivity contribution < 1.29 is 41.8 Å². The quantitative estimate of drug-likeness (QED) is 0.200. The first-order valence-corrected chi connectivity index (χ1v) is 17.7. The summed E-state index contributed by atoms with van der Waals surface area (Å²) in [4.78, 5) is 30.7. The van der Waals surface area contributed by atoms with E-state index in [0.29, 0.717) is 12.3 Å². The molecule has 3 fully saturated rings. The predicted octanol–water partition coefficient (Wildman–Crippen LogP) is 1.50. The number of nitrogens with one attached hydrogen (secondary N) is 1. The van der Waals surface area contributed by atoms with Crippen molar-refractivity contribution >= 4 is 55.2 Å². The summed E-state index contributed by atoms with van der Waals surface area (Å²) in [6, 6.07) is 1.59. The largest absolute Gasteiger partial charge is 0.474 e. The maximum Gasteiger partial charge on any atom is 0.386 e. The molecule has 222 valence electrons. The smallest absolute Gasteiger partial charge is 0.386 e. The van der Waals surface area contributed by atoms with Crippen molar-refractivity contribution in [3.8, 4) is 5.88 Å². The number of thiol groups is 2. The van der Waals surface area contributed by atoms with Gasteiger partial charge in [0.25, 0.3) is 5.56 Å². The summed E-state index contributed by atoms with van der Waals surface area (Å²) in [5.74, 6) is -0.319. The SMILES string of the molecule is Nc1nc2c(ncn2[C@@H]2O[C@@H]3CO[P@](=O)(S)O[C@H]4C[C@H](Oc5ccncn5)C[C@@H]4CO[P@@](=O)(S)O[C@@H]2[C@@H]3O)c(=O)[nH]1. The average molecular weight is 650 g/mol. The number of rotatable bonds is 3. The number of imidazole rings is 1. The minimum absolute atomic E-state index is 0.0152. The fourth-order valence-electron chi connectivity index (χ4n) is 5.02. The van der Waals surface area contributed by atoms with Gasteiger partial charge in [-0.2, -0.15) is 4.98 Å². The van der Waals surface area contributed by atoms with E-state index in [9.17, 15) is 19.0 Å². The van der Waals surface area contributed by atoms with Crippen LogP contribution in [0.1, 0.15) is 19.1 Å². The molecule has 9 atom stereocenters. The number of H-pyrrole nitrogens is 1. The molecule has 2 saturated heterocycles. The standard InChI is InChI=1S/C20H25N7O10P2S2/c21-20-25-17-14(18(29)26-20)24-8-27(17)19-16-15(28)12(35-19)6-33-38(30,40)36-11-4-10(34-13-1-2-22-7-23-13)3-9(11)5-32-39(31,41)37-16/h1-2,7-12,15-16,19,28H,3-6H2,(H,30,40)(H,31,41)(H3,21,25,26,29)/t9-,10-,11+,12-,15-,16-,19-,38+,39-/m1/s1. The van der Waals surface area contributed by atoms with E-state index in [-0.39, 0.29) is 30.1 Å². The van der Waals surface area contributed by atoms with E-state index in [1.54, 1.807) is 6.07 Å². The van der Waals surface area contributed by atoms with Crippen molar-refractivity contribution in [1.82, 2.24) is 29.5 Å². The summed E-state index contributed by atoms with van der Waals surface area (Å²) >= 11 is 8.25. The molecule has 17 nitrogen and oxygen atoms in total. The van der Waals surface area contributed by atoms with Crippen LogP contribution in [0.4, 0.5) is 5.95 Å². The van der Waals surface area contributed by atoms with E-state index in [2.05, 4.69) is 49.4 Å². The van der Waals surface area contributed by atoms with Gasteiger partial charge in [-0.1, -0.05) is 24.5 Å². The molecule has 0 spiro atoms. The zero-order valence-corrected chi connectivity index (χ0v) is 24.5. The van der Waals surface area contributed by atoms with Crippen LogP contribution >= 0.6 is 38.1 Å². The summed E-state index contributed by atoms with van der Waals surface area (Å²) in [6.07, 6.45) is -1.67. The Bertz CT molecular complexity index is 1580. The molecule has 5 heterocycles. The minimum Gasteiger partial charge on any atom is -0.474 e. The molecule has 1 saturated carbocycles. The molecule has 3 aromatic heterocycles. The van der Waals surface area contributed by atoms with Gasteiger partial charge in [-0.25, -0.2) is 24.1 Å². The van der Waals surface area contributed by atoms with Crippen molar-refractivity contribution in [2.45, 2.75) is 49.6 Å². The maximum atomic E-state index is 13.4. The van der Waals surface area contributed by atoms with Gasteiger partial charge in [0.1, 0.15) is 30.7 Å². The number of nitrogens with two attached hydrogens (primary N) is 1. The van der Waals surface area contributed by atoms with Gasteiger partial charge in [-0.3, -0.25) is 27.9 Å². The van der Waals surface area contributed by atoms with E-state index < -0.39 is 68.4 Å². The Morgan fingerprint density at radius 3 is 2.68 bits per heavy atom. The monoisotopic (exact) mass is 649 g/mol. The van der Waals surface area contributed by atoms with Gasteiger partial charge in [0, 0.05) is 24.6 Å². The van der Waals surface area contributed by atoms with E-state index in [1.807, 2.05) is 0 Å². The first-order chi connectivity index (χ1) is 19.5. The van der Waals surface area contributed by atoms with Crippen LogP contribution in [-0.2, 0) is 32.0 Å². The van der Waals surface area contributed by atoms with E-state index in [0.717, 1.165) is 0 Å². The molecule has 0 aromatic carbocycles. The number of nitrogens with zero attached hydrogens (tertiary/aromatic N) is 5. The highest BCUT2D eigenvalue weighted by molar-refractivity contribution is 8.44. The summed E-state index contributed by atoms with van der Waals surface area (Å²) in [7, 11) is 0. The van der Waals surface area contributed by atoms with E-state index in [1.165, 1.54) is 23.4 Å². The molecule has 4 N–H and O–H groups in total. The van der Waals surface area contributed by atoms with Crippen molar-refractivity contribution in [2.24, 2.45) is 5.92 Å². The van der Waals surface area contributed by atoms with Crippen LogP contribution < -0.4 is 16.0 Å². The third kappa shape index (κ3) is 6.20. The average Bonchev–Trinajstić information content (AvgIpc) is 3.57. The molecule has 6 rings (SSSR count). The fourth-order valence-corrected chi connectivity index (χ4v) is 8.09. The lowest BCUT2D eigenvalue weighted by Gasteiger charge is -2.26. The second kappa shape index (κ2) is 11.2. The van der Waals surface area contributed by atoms with Crippen LogP contribution in [0, 0.1) is 5.92 Å². The van der Waals surface area contributed by atoms with Crippen molar-refractivity contribution in [2.75, 3.05) is 18.9 Å². The molecule has 1 aliphatic carbocycles. The molecule has 0 unspecified atom stereocenters. The summed E-state index contributed by atoms with van der Waals surface area (Å²) < 4.78 is 62.4. The fraction of sp³-hybridized carbons (Fsp3) is 0.550. The summed E-state index contributed by atoms with van der Waals surface area (Å²) in [5.41, 5.74) is 5.05. The number of anilines is 1. The Hall–Kier alpha value is -2.05. The third-order valence-electron chi connectivity index (χ3n) is 6.84. The first-order valence-electron chi connectivity index (χ1n) is 12.3. The maximum absolute atomic E-state index is 13.4. The number of hydrogen-bond acceptors (Lipinski definition) is 15. The van der Waals surface area contributed by atoms with Gasteiger partial charge < -0.3 is 24.8 Å². The number of nitrogen functional groups attached to an aromatic ring is 1. The van der Waals surface area contributed by atoms with Crippen molar-refractivity contribution in [1.29, 1.82) is 0 Å². The van der Waals surface area contributed by atoms with Crippen molar-refractivity contribution in [3.05, 3.63) is 35.3 Å². The number of ether oxygens (including phenoxy) is 2. The second-order valence-electron chi connectivity index (χ2n) is 9.59. The van der Waals surface area contributed by atoms with Crippen LogP contribution in [0.15, 0.2) is 29.7 Å². The van der Waals surface area contributed by atoms with Crippen molar-refractivity contribution in [3.63, 3.8) is 0 Å². The van der Waals surface area contributed by atoms with Gasteiger partial charge >= 0.3 is 13.6 Å². The predicted molar refractivity (Wildman–Crippen MR) is 146 cm³/mol. The zero-order chi connectivity index (χ0) is 28.9. The normalized spacial score (nSPS) is 38.1. The van der Waals surface area contributed by atoms with Crippen LogP contribution in [0.5, 0.6) is 5.88 Å². The van der Waals surface area contributed by atoms with Gasteiger partial charge in [-0.05, 0) is 6.42 Å². The molecule has 0 radical (unpaired) electrons. The minimum atomic E-state index is -4.16. The molecule has 3 aliphatic rings. The third-order valence-corrected chi connectivity index (χ3v) is 10.1. The lowest BCUT2D eigenvalue weighted by molar-refractivity contribution is -0.0487. The van der Waals surface area contributed by atoms with Crippen LogP contribution in [-0.4, -0.2) is 78.3 Å². The summed E-state index contributed by atoms with van der Waals surface area (Å²) in [6.45, 7) is -8.81. The van der Waals surface area contributed by atoms with E-state index in [4.69, 9.17) is 33.3 Å². The van der Waals surface area contributed by atoms with Crippen LogP contribution in [0.3, 0.4) is 0 Å². The van der Waals surface area contributed by atoms with Crippen LogP contribution in [0.2, 0.25) is 0 Å². The Morgan fingerprint density at radius 1 is 1.12 bits per heavy atom. The number of aromatic amines is 1. The number of aromatic nitrogens is 6. The Balaban J connectivity index is 1.28. The Kier molecular flexibility index (Phi) is 7.95. The highest BCUT2D eigenvalue weighted by Gasteiger charge is 2.51. The molecule has 41 heavy (non-hydrogen) atoms. The second-order valence-corrected chi connectivity index (χ2v) is 15.3. The molecule has 2 bridgehead atoms. The molecule has 3 aromatic rings. The molecule has 2 aliphatic heterocycles. The zero-order valence-electron chi connectivity index (χ0n) is 20.9. The molecule has 0 amide bonds. The molecular weight excluding hydrogens is 624 g/mol. The van der Waals surface area contributed by atoms with E-state index >= 15 is 0 Å². The highest BCUT2D eigenvalue weighted by Crippen LogP contribution is 2.60. The number of aliphatic hydroxyl groups excluding tert-OH is 1. The summed E-state index contributed by atoms with van der Waals surface area (Å²) in [5, 5.41) is 11.1. The molecular formula is C20H25N7O10P2S2. The van der Waals surface area contributed by atoms with Crippen LogP contribution in [0.25, 0.3) is 11.2 Å². The van der Waals surface area contributed by atoms with Gasteiger partial charge in [0.15, 0.2) is 17.4 Å². The Morgan fingerprint density at radius 2 is 1.90 bits per heavy atom. The Labute approximate surface area is 241 Å². The van der Waals surface area contributed by atoms with Gasteiger partial charge in [-0.15, -0.1) is 0 Å².